The lowest BCUT2D eigenvalue weighted by molar-refractivity contribution is -0.123. The van der Waals surface area contributed by atoms with Gasteiger partial charge in [0.25, 0.3) is 11.8 Å². The maximum Gasteiger partial charge on any atom is 0.265 e. The van der Waals surface area contributed by atoms with Gasteiger partial charge in [-0.2, -0.15) is 0 Å². The molecule has 4 aromatic carbocycles. The van der Waals surface area contributed by atoms with Crippen LogP contribution in [-0.4, -0.2) is 24.0 Å². The lowest BCUT2D eigenvalue weighted by Gasteiger charge is -2.31. The molecule has 0 saturated heterocycles. The van der Waals surface area contributed by atoms with Gasteiger partial charge in [-0.25, -0.2) is 0 Å². The number of carbonyl (C=O) groups is 2. The lowest BCUT2D eigenvalue weighted by Crippen LogP contribution is -2.34. The van der Waals surface area contributed by atoms with E-state index in [-0.39, 0.29) is 33.5 Å². The Morgan fingerprint density at radius 3 is 1.13 bits per heavy atom. The third kappa shape index (κ3) is 11.6. The number of amides is 2. The number of para-hydroxylation sites is 2. The molecule has 2 N–H and O–H groups in total. The highest BCUT2D eigenvalue weighted by molar-refractivity contribution is 5.96. The van der Waals surface area contributed by atoms with Gasteiger partial charge in [-0.1, -0.05) is 158 Å². The molecule has 0 aliphatic carbocycles. The van der Waals surface area contributed by atoms with Crippen LogP contribution in [-0.2, 0) is 44.1 Å². The molecule has 0 saturated carbocycles. The molecule has 0 aliphatic heterocycles. The molecule has 326 valence electrons. The molecule has 2 atom stereocenters. The summed E-state index contributed by atoms with van der Waals surface area (Å²) in [6.45, 7) is 30.9. The first-order valence-electron chi connectivity index (χ1n) is 22.7. The van der Waals surface area contributed by atoms with E-state index in [1.807, 2.05) is 50.2 Å². The van der Waals surface area contributed by atoms with E-state index in [1.54, 1.807) is 0 Å². The number of nitrogens with one attached hydrogen (secondary N) is 2. The number of hydrogen-bond acceptors (Lipinski definition) is 4. The molecule has 0 radical (unpaired) electrons. The first-order chi connectivity index (χ1) is 28.3. The zero-order valence-corrected chi connectivity index (χ0v) is 39.5. The Kier molecular flexibility index (Phi) is 16.3. The van der Waals surface area contributed by atoms with Crippen molar-refractivity contribution in [3.8, 4) is 11.5 Å². The average molecular weight is 817 g/mol. The van der Waals surface area contributed by atoms with Gasteiger partial charge in [0.1, 0.15) is 11.5 Å². The number of carbonyl (C=O) groups excluding carboxylic acids is 2. The van der Waals surface area contributed by atoms with E-state index in [9.17, 15) is 9.59 Å². The van der Waals surface area contributed by atoms with Gasteiger partial charge in [0.2, 0.25) is 0 Å². The molecule has 2 unspecified atom stereocenters. The summed E-state index contributed by atoms with van der Waals surface area (Å²) in [4.78, 5) is 27.9. The van der Waals surface area contributed by atoms with Gasteiger partial charge < -0.3 is 20.1 Å². The Morgan fingerprint density at radius 2 is 0.817 bits per heavy atom. The van der Waals surface area contributed by atoms with Crippen molar-refractivity contribution >= 4 is 23.2 Å². The zero-order valence-electron chi connectivity index (χ0n) is 39.5. The topological polar surface area (TPSA) is 76.7 Å². The second-order valence-corrected chi connectivity index (χ2v) is 19.2. The second kappa shape index (κ2) is 20.3. The van der Waals surface area contributed by atoms with Crippen molar-refractivity contribution in [1.29, 1.82) is 0 Å². The predicted molar refractivity (Wildman–Crippen MR) is 253 cm³/mol. The Bertz CT molecular complexity index is 1910. The summed E-state index contributed by atoms with van der Waals surface area (Å²) in [7, 11) is 0. The van der Waals surface area contributed by atoms with E-state index in [0.29, 0.717) is 25.7 Å². The van der Waals surface area contributed by atoms with E-state index in [4.69, 9.17) is 9.47 Å². The Balaban J connectivity index is 1.51. The molecule has 0 aliphatic rings. The minimum absolute atomic E-state index is 0.0377. The lowest BCUT2D eigenvalue weighted by atomic mass is 9.76. The van der Waals surface area contributed by atoms with Crippen molar-refractivity contribution in [1.82, 2.24) is 0 Å². The number of hydrogen-bond donors (Lipinski definition) is 2. The number of benzene rings is 4. The predicted octanol–water partition coefficient (Wildman–Crippen LogP) is 13.8. The van der Waals surface area contributed by atoms with E-state index in [1.165, 1.54) is 11.1 Å². The van der Waals surface area contributed by atoms with E-state index in [2.05, 4.69) is 142 Å². The summed E-state index contributed by atoms with van der Waals surface area (Å²) in [6, 6.07) is 28.9. The highest BCUT2D eigenvalue weighted by Crippen LogP contribution is 2.41. The average Bonchev–Trinajstić information content (AvgIpc) is 3.24. The van der Waals surface area contributed by atoms with Gasteiger partial charge in [-0.05, 0) is 120 Å². The molecule has 6 heteroatoms. The molecule has 0 aromatic heterocycles. The summed E-state index contributed by atoms with van der Waals surface area (Å²) in [5, 5.41) is 6.42. The summed E-state index contributed by atoms with van der Waals surface area (Å²) >= 11 is 0. The van der Waals surface area contributed by atoms with Crippen molar-refractivity contribution in [2.24, 2.45) is 0 Å². The van der Waals surface area contributed by atoms with Gasteiger partial charge in [0.05, 0.1) is 0 Å². The smallest absolute Gasteiger partial charge is 0.265 e. The number of rotatable bonds is 21. The summed E-state index contributed by atoms with van der Waals surface area (Å²) in [5.74, 6) is 1.19. The summed E-state index contributed by atoms with van der Waals surface area (Å²) in [5.41, 5.74) is 8.21. The van der Waals surface area contributed by atoms with Gasteiger partial charge in [0.15, 0.2) is 12.2 Å². The van der Waals surface area contributed by atoms with Crippen molar-refractivity contribution in [2.75, 3.05) is 10.6 Å². The van der Waals surface area contributed by atoms with Crippen molar-refractivity contribution in [3.63, 3.8) is 0 Å². The summed E-state index contributed by atoms with van der Waals surface area (Å²) < 4.78 is 13.2. The zero-order chi connectivity index (χ0) is 44.5. The quantitative estimate of drug-likeness (QED) is 0.0878. The van der Waals surface area contributed by atoms with Crippen LogP contribution >= 0.6 is 0 Å². The fourth-order valence-corrected chi connectivity index (χ4v) is 7.32. The molecular weight excluding hydrogens is 741 g/mol. The van der Waals surface area contributed by atoms with Crippen LogP contribution in [0.5, 0.6) is 11.5 Å². The normalized spacial score (nSPS) is 13.4. The molecule has 4 aromatic rings. The van der Waals surface area contributed by atoms with Crippen molar-refractivity contribution < 1.29 is 19.1 Å². The van der Waals surface area contributed by atoms with Gasteiger partial charge in [-0.15, -0.1) is 0 Å². The molecular formula is C54H76N2O4. The van der Waals surface area contributed by atoms with E-state index < -0.39 is 12.2 Å². The van der Waals surface area contributed by atoms with Crippen LogP contribution in [0.15, 0.2) is 84.9 Å². The molecule has 0 spiro atoms. The highest BCUT2D eigenvalue weighted by Gasteiger charge is 2.31. The van der Waals surface area contributed by atoms with Crippen LogP contribution in [0.25, 0.3) is 0 Å². The van der Waals surface area contributed by atoms with Crippen LogP contribution in [0.1, 0.15) is 169 Å². The third-order valence-electron chi connectivity index (χ3n) is 13.6. The van der Waals surface area contributed by atoms with Crippen molar-refractivity contribution in [3.05, 3.63) is 118 Å². The Hall–Kier alpha value is -4.58. The van der Waals surface area contributed by atoms with Crippen LogP contribution in [0.4, 0.5) is 11.4 Å². The fourth-order valence-electron chi connectivity index (χ4n) is 7.32. The minimum atomic E-state index is -0.663. The molecule has 0 heterocycles. The Morgan fingerprint density at radius 1 is 0.483 bits per heavy atom. The number of aryl methyl sites for hydroxylation is 2. The first kappa shape index (κ1) is 48.1. The highest BCUT2D eigenvalue weighted by atomic mass is 16.5. The van der Waals surface area contributed by atoms with Gasteiger partial charge in [0, 0.05) is 22.5 Å². The van der Waals surface area contributed by atoms with E-state index >= 15 is 0 Å². The first-order valence-corrected chi connectivity index (χ1v) is 22.7. The maximum absolute atomic E-state index is 13.9. The maximum atomic E-state index is 13.9. The standard InChI is InChI=1S/C54H76N2O4/c1-15-45(59-47-33-31-39(51(7,8)17-3)35-41(47)53(11,12)19-5)49(57)55-43-27-23-21-25-37(43)29-30-38-26-22-24-28-44(38)56-50(58)46(16-2)60-48-34-32-40(52(9,10)18-4)36-42(48)54(13,14)20-6/h21-28,31-36,45-46H,15-20,29-30H2,1-14H3,(H,55,57)(H,56,58). The van der Waals surface area contributed by atoms with Crippen LogP contribution in [0.2, 0.25) is 0 Å². The number of anilines is 2. The molecule has 4 rings (SSSR count). The van der Waals surface area contributed by atoms with Gasteiger partial charge >= 0.3 is 0 Å². The van der Waals surface area contributed by atoms with E-state index in [0.717, 1.165) is 70.8 Å². The SMILES string of the molecule is CCC(Oc1ccc(C(C)(C)CC)cc1C(C)(C)CC)C(=O)Nc1ccccc1CCc1ccccc1NC(=O)C(CC)Oc1ccc(C(C)(C)CC)cc1C(C)(C)CC. The monoisotopic (exact) mass is 817 g/mol. The van der Waals surface area contributed by atoms with Gasteiger partial charge in [-0.3, -0.25) is 9.59 Å². The molecule has 60 heavy (non-hydrogen) atoms. The van der Waals surface area contributed by atoms with Crippen LogP contribution in [0.3, 0.4) is 0 Å². The minimum Gasteiger partial charge on any atom is -0.480 e. The molecule has 2 amide bonds. The second-order valence-electron chi connectivity index (χ2n) is 19.2. The van der Waals surface area contributed by atoms with Crippen LogP contribution in [0, 0.1) is 0 Å². The van der Waals surface area contributed by atoms with Crippen LogP contribution < -0.4 is 20.1 Å². The molecule has 6 nitrogen and oxygen atoms in total. The largest absolute Gasteiger partial charge is 0.480 e. The number of ether oxygens (including phenoxy) is 2. The molecule has 0 fully saturated rings. The third-order valence-corrected chi connectivity index (χ3v) is 13.6. The van der Waals surface area contributed by atoms with Crippen molar-refractivity contribution in [2.45, 2.75) is 182 Å². The molecule has 0 bridgehead atoms. The fraction of sp³-hybridized carbons (Fsp3) is 0.519. The summed E-state index contributed by atoms with van der Waals surface area (Å²) in [6.07, 6.45) is 4.99. The Labute approximate surface area is 363 Å².